The van der Waals surface area contributed by atoms with E-state index in [-0.39, 0.29) is 27.5 Å². The summed E-state index contributed by atoms with van der Waals surface area (Å²) in [5.74, 6) is -0.719. The van der Waals surface area contributed by atoms with Gasteiger partial charge in [0.25, 0.3) is 0 Å². The van der Waals surface area contributed by atoms with Crippen LogP contribution in [-0.2, 0) is 11.1 Å². The molecule has 9 nitrogen and oxygen atoms in total. The van der Waals surface area contributed by atoms with Gasteiger partial charge in [0.15, 0.2) is 11.6 Å². The van der Waals surface area contributed by atoms with Crippen molar-refractivity contribution in [3.63, 3.8) is 0 Å². The highest BCUT2D eigenvalue weighted by Crippen LogP contribution is 2.39. The molecule has 144 valence electrons. The van der Waals surface area contributed by atoms with Gasteiger partial charge in [-0.15, -0.1) is 0 Å². The molecule has 0 aliphatic rings. The second-order valence-electron chi connectivity index (χ2n) is 6.27. The third-order valence-electron chi connectivity index (χ3n) is 3.73. The third kappa shape index (κ3) is 3.55. The molecular formula is C15H14BrFN3O6P. The maximum absolute atomic E-state index is 14.2. The summed E-state index contributed by atoms with van der Waals surface area (Å²) in [6.45, 7) is 4.18. The molecule has 27 heavy (non-hydrogen) atoms. The molecule has 2 heterocycles. The van der Waals surface area contributed by atoms with E-state index in [1.54, 1.807) is 4.57 Å². The predicted octanol–water partition coefficient (Wildman–Crippen LogP) is 3.57. The van der Waals surface area contributed by atoms with E-state index in [4.69, 9.17) is 4.42 Å². The Labute approximate surface area is 160 Å². The number of aromatic nitrogens is 2. The van der Waals surface area contributed by atoms with E-state index in [1.165, 1.54) is 6.07 Å². The molecule has 0 saturated heterocycles. The van der Waals surface area contributed by atoms with Crippen molar-refractivity contribution in [1.29, 1.82) is 0 Å². The number of nitro groups is 1. The van der Waals surface area contributed by atoms with Gasteiger partial charge in [0.1, 0.15) is 4.47 Å². The first-order valence-electron chi connectivity index (χ1n) is 7.69. The molecule has 1 aromatic carbocycles. The van der Waals surface area contributed by atoms with Crippen molar-refractivity contribution < 1.29 is 28.1 Å². The molecule has 2 N–H and O–H groups in total. The molecular weight excluding hydrogens is 448 g/mol. The van der Waals surface area contributed by atoms with Gasteiger partial charge < -0.3 is 18.8 Å². The summed E-state index contributed by atoms with van der Waals surface area (Å²) in [7, 11) is -4.60. The van der Waals surface area contributed by atoms with Crippen LogP contribution >= 0.6 is 23.5 Å². The van der Waals surface area contributed by atoms with Crippen molar-refractivity contribution in [2.45, 2.75) is 20.4 Å². The molecule has 3 aromatic rings. The van der Waals surface area contributed by atoms with Crippen molar-refractivity contribution in [2.24, 2.45) is 5.92 Å². The lowest BCUT2D eigenvalue weighted by Crippen LogP contribution is -2.07. The van der Waals surface area contributed by atoms with Crippen molar-refractivity contribution in [1.82, 2.24) is 9.55 Å². The maximum atomic E-state index is 14.2. The summed E-state index contributed by atoms with van der Waals surface area (Å²) in [5.41, 5.74) is -0.804. The van der Waals surface area contributed by atoms with Gasteiger partial charge in [-0.3, -0.25) is 14.7 Å². The Morgan fingerprint density at radius 3 is 2.63 bits per heavy atom. The number of imidazole rings is 1. The number of furan rings is 1. The standard InChI is InChI=1S/C15H14BrFN3O6P/c1-7(2)6-19-14-9(5-8(17)13(12(14)16)20(21)22)18-15(19)10-3-4-11(26-10)27(23,24)25/h3-5,7H,6H2,1-2H3,(H2,23,24,25). The van der Waals surface area contributed by atoms with Crippen LogP contribution in [0.3, 0.4) is 0 Å². The van der Waals surface area contributed by atoms with Gasteiger partial charge in [0.2, 0.25) is 11.3 Å². The van der Waals surface area contributed by atoms with Crippen molar-refractivity contribution in [2.75, 3.05) is 0 Å². The van der Waals surface area contributed by atoms with Crippen LogP contribution < -0.4 is 5.50 Å². The van der Waals surface area contributed by atoms with Crippen LogP contribution in [0.25, 0.3) is 22.6 Å². The fraction of sp³-hybridized carbons (Fsp3) is 0.267. The topological polar surface area (TPSA) is 132 Å². The first kappa shape index (κ1) is 19.7. The van der Waals surface area contributed by atoms with Gasteiger partial charge in [0, 0.05) is 12.6 Å². The smallest absolute Gasteiger partial charge is 0.391 e. The van der Waals surface area contributed by atoms with E-state index in [0.717, 1.165) is 12.1 Å². The van der Waals surface area contributed by atoms with Crippen molar-refractivity contribution in [3.8, 4) is 11.6 Å². The average Bonchev–Trinajstić information content (AvgIpc) is 3.10. The lowest BCUT2D eigenvalue weighted by molar-refractivity contribution is -0.388. The lowest BCUT2D eigenvalue weighted by atomic mass is 10.2. The molecule has 2 aromatic heterocycles. The normalized spacial score (nSPS) is 12.3. The predicted molar refractivity (Wildman–Crippen MR) is 98.3 cm³/mol. The molecule has 0 aliphatic carbocycles. The molecule has 0 fully saturated rings. The van der Waals surface area contributed by atoms with E-state index >= 15 is 0 Å². The molecule has 0 atom stereocenters. The third-order valence-corrected chi connectivity index (χ3v) is 5.30. The van der Waals surface area contributed by atoms with Crippen molar-refractivity contribution in [3.05, 3.63) is 38.6 Å². The zero-order chi connectivity index (χ0) is 20.1. The van der Waals surface area contributed by atoms with E-state index in [0.29, 0.717) is 12.1 Å². The minimum absolute atomic E-state index is 0.0557. The monoisotopic (exact) mass is 461 g/mol. The van der Waals surface area contributed by atoms with E-state index in [2.05, 4.69) is 20.9 Å². The Morgan fingerprint density at radius 2 is 2.11 bits per heavy atom. The van der Waals surface area contributed by atoms with Crippen LogP contribution in [-0.4, -0.2) is 24.3 Å². The molecule has 0 saturated carbocycles. The highest BCUT2D eigenvalue weighted by Gasteiger charge is 2.29. The Morgan fingerprint density at radius 1 is 1.44 bits per heavy atom. The minimum Gasteiger partial charge on any atom is -0.445 e. The van der Waals surface area contributed by atoms with Crippen LogP contribution in [0.4, 0.5) is 10.1 Å². The van der Waals surface area contributed by atoms with Crippen LogP contribution in [0.2, 0.25) is 0 Å². The van der Waals surface area contributed by atoms with Gasteiger partial charge in [0.05, 0.1) is 16.0 Å². The molecule has 0 amide bonds. The first-order chi connectivity index (χ1) is 12.5. The minimum atomic E-state index is -4.60. The molecule has 0 spiro atoms. The second-order valence-corrected chi connectivity index (χ2v) is 8.59. The number of nitrogens with zero attached hydrogens (tertiary/aromatic N) is 3. The molecule has 0 aliphatic heterocycles. The van der Waals surface area contributed by atoms with Gasteiger partial charge >= 0.3 is 13.3 Å². The van der Waals surface area contributed by atoms with Gasteiger partial charge in [-0.1, -0.05) is 13.8 Å². The van der Waals surface area contributed by atoms with Crippen LogP contribution in [0, 0.1) is 21.8 Å². The summed E-state index contributed by atoms with van der Waals surface area (Å²) in [4.78, 5) is 33.1. The number of rotatable bonds is 5. The Bertz CT molecular complexity index is 1100. The number of fused-ring (bicyclic) bond motifs is 1. The van der Waals surface area contributed by atoms with E-state index < -0.39 is 29.5 Å². The largest absolute Gasteiger partial charge is 0.445 e. The van der Waals surface area contributed by atoms with E-state index in [9.17, 15) is 28.9 Å². The van der Waals surface area contributed by atoms with Gasteiger partial charge in [-0.25, -0.2) is 4.98 Å². The van der Waals surface area contributed by atoms with E-state index in [1.807, 2.05) is 13.8 Å². The lowest BCUT2D eigenvalue weighted by Gasteiger charge is -2.11. The average molecular weight is 462 g/mol. The molecule has 3 rings (SSSR count). The summed E-state index contributed by atoms with van der Waals surface area (Å²) >= 11 is 3.10. The molecule has 12 heteroatoms. The molecule has 0 unspecified atom stereocenters. The second kappa shape index (κ2) is 6.83. The Kier molecular flexibility index (Phi) is 4.98. The van der Waals surface area contributed by atoms with Crippen LogP contribution in [0.1, 0.15) is 13.8 Å². The van der Waals surface area contributed by atoms with Crippen LogP contribution in [0.15, 0.2) is 27.1 Å². The van der Waals surface area contributed by atoms with Gasteiger partial charge in [-0.05, 0) is 34.0 Å². The highest BCUT2D eigenvalue weighted by atomic mass is 79.9. The summed E-state index contributed by atoms with van der Waals surface area (Å²) in [6, 6.07) is 3.42. The number of benzene rings is 1. The summed E-state index contributed by atoms with van der Waals surface area (Å²) in [5, 5.41) is 11.2. The summed E-state index contributed by atoms with van der Waals surface area (Å²) in [6.07, 6.45) is 0. The SMILES string of the molecule is CC(C)Cn1c(-c2ccc(P(=O)(O)O)o2)nc2cc(F)c([N+](=O)[O-])c(Br)c21. The van der Waals surface area contributed by atoms with Gasteiger partial charge in [-0.2, -0.15) is 4.39 Å². The maximum Gasteiger partial charge on any atom is 0.391 e. The highest BCUT2D eigenvalue weighted by molar-refractivity contribution is 9.10. The molecule has 0 radical (unpaired) electrons. The Hall–Kier alpha value is -2.07. The zero-order valence-corrected chi connectivity index (χ0v) is 16.6. The fourth-order valence-electron chi connectivity index (χ4n) is 2.71. The quantitative estimate of drug-likeness (QED) is 0.337. The first-order valence-corrected chi connectivity index (χ1v) is 10.1. The molecule has 0 bridgehead atoms. The number of hydrogen-bond acceptors (Lipinski definition) is 5. The van der Waals surface area contributed by atoms with Crippen LogP contribution in [0.5, 0.6) is 0 Å². The number of nitro benzene ring substituents is 1. The zero-order valence-electron chi connectivity index (χ0n) is 14.1. The van der Waals surface area contributed by atoms with Crippen molar-refractivity contribution >= 4 is 45.7 Å². The number of halogens is 2. The fourth-order valence-corrected chi connectivity index (χ4v) is 3.95. The summed E-state index contributed by atoms with van der Waals surface area (Å²) < 4.78 is 32.3. The Balaban J connectivity index is 2.33. The number of hydrogen-bond donors (Lipinski definition) is 2.